The van der Waals surface area contributed by atoms with E-state index in [0.29, 0.717) is 12.4 Å². The van der Waals surface area contributed by atoms with Gasteiger partial charge in [-0.05, 0) is 12.8 Å². The first kappa shape index (κ1) is 5.92. The van der Waals surface area contributed by atoms with Crippen LogP contribution in [0.15, 0.2) is 4.42 Å². The molecule has 0 fully saturated rings. The van der Waals surface area contributed by atoms with Crippen molar-refractivity contribution in [3.63, 3.8) is 0 Å². The van der Waals surface area contributed by atoms with E-state index in [-0.39, 0.29) is 0 Å². The molecule has 0 atom stereocenters. The Morgan fingerprint density at radius 1 is 1.50 bits per heavy atom. The maximum absolute atomic E-state index is 5.35. The number of nitrogens with zero attached hydrogens (tertiary/aromatic N) is 1. The minimum atomic E-state index is 0.424. The van der Waals surface area contributed by atoms with Gasteiger partial charge in [0.1, 0.15) is 5.76 Å². The summed E-state index contributed by atoms with van der Waals surface area (Å²) in [6.07, 6.45) is 3.30. The van der Waals surface area contributed by atoms with Crippen LogP contribution in [-0.2, 0) is 19.4 Å². The van der Waals surface area contributed by atoms with E-state index in [1.54, 1.807) is 0 Å². The normalized spacial score (nSPS) is 15.7. The number of hydrogen-bond donors (Lipinski definition) is 1. The summed E-state index contributed by atoms with van der Waals surface area (Å²) in [5, 5.41) is 0. The average Bonchev–Trinajstić information content (AvgIpc) is 2.42. The summed E-state index contributed by atoms with van der Waals surface area (Å²) in [7, 11) is 0. The lowest BCUT2D eigenvalue weighted by molar-refractivity contribution is 0.459. The van der Waals surface area contributed by atoms with Crippen molar-refractivity contribution in [3.8, 4) is 0 Å². The molecule has 3 nitrogen and oxygen atoms in total. The highest BCUT2D eigenvalue weighted by Crippen LogP contribution is 2.21. The van der Waals surface area contributed by atoms with Crippen molar-refractivity contribution in [1.29, 1.82) is 0 Å². The third-order valence-electron chi connectivity index (χ3n) is 1.81. The molecule has 0 bridgehead atoms. The van der Waals surface area contributed by atoms with Gasteiger partial charge in [-0.2, -0.15) is 0 Å². The fourth-order valence-electron chi connectivity index (χ4n) is 1.33. The molecule has 54 valence electrons. The molecule has 0 saturated carbocycles. The van der Waals surface area contributed by atoms with Gasteiger partial charge in [0.2, 0.25) is 5.89 Å². The van der Waals surface area contributed by atoms with Crippen LogP contribution in [0.4, 0.5) is 0 Å². The SMILES string of the molecule is NCc1nc2c(o1)CCC2. The van der Waals surface area contributed by atoms with Gasteiger partial charge >= 0.3 is 0 Å². The quantitative estimate of drug-likeness (QED) is 0.619. The Balaban J connectivity index is 2.37. The molecule has 1 aromatic rings. The van der Waals surface area contributed by atoms with Crippen LogP contribution in [0, 0.1) is 0 Å². The number of aryl methyl sites for hydroxylation is 2. The van der Waals surface area contributed by atoms with Crippen LogP contribution >= 0.6 is 0 Å². The highest BCUT2D eigenvalue weighted by molar-refractivity contribution is 5.15. The fraction of sp³-hybridized carbons (Fsp3) is 0.571. The van der Waals surface area contributed by atoms with Gasteiger partial charge in [-0.3, -0.25) is 0 Å². The van der Waals surface area contributed by atoms with E-state index in [1.165, 1.54) is 6.42 Å². The molecular formula is C7H10N2O. The molecule has 0 spiro atoms. The lowest BCUT2D eigenvalue weighted by atomic mass is 10.4. The topological polar surface area (TPSA) is 52.0 Å². The van der Waals surface area contributed by atoms with E-state index in [0.717, 1.165) is 24.3 Å². The summed E-state index contributed by atoms with van der Waals surface area (Å²) in [4.78, 5) is 4.22. The molecule has 1 aromatic heterocycles. The maximum atomic E-state index is 5.35. The van der Waals surface area contributed by atoms with E-state index in [9.17, 15) is 0 Å². The Kier molecular flexibility index (Phi) is 1.24. The first-order valence-electron chi connectivity index (χ1n) is 3.57. The van der Waals surface area contributed by atoms with Crippen LogP contribution in [0.5, 0.6) is 0 Å². The van der Waals surface area contributed by atoms with Crippen molar-refractivity contribution in [3.05, 3.63) is 17.3 Å². The molecule has 0 aromatic carbocycles. The fourth-order valence-corrected chi connectivity index (χ4v) is 1.33. The summed E-state index contributed by atoms with van der Waals surface area (Å²) < 4.78 is 5.34. The molecule has 0 saturated heterocycles. The van der Waals surface area contributed by atoms with Gasteiger partial charge in [-0.15, -0.1) is 0 Å². The first-order chi connectivity index (χ1) is 4.90. The second kappa shape index (κ2) is 2.09. The van der Waals surface area contributed by atoms with Crippen LogP contribution < -0.4 is 5.73 Å². The van der Waals surface area contributed by atoms with E-state index in [1.807, 2.05) is 0 Å². The molecule has 0 unspecified atom stereocenters. The molecule has 2 N–H and O–H groups in total. The summed E-state index contributed by atoms with van der Waals surface area (Å²) in [5.41, 5.74) is 6.48. The van der Waals surface area contributed by atoms with E-state index >= 15 is 0 Å². The third kappa shape index (κ3) is 0.743. The molecular weight excluding hydrogens is 128 g/mol. The van der Waals surface area contributed by atoms with Crippen molar-refractivity contribution in [2.24, 2.45) is 5.73 Å². The molecule has 1 aliphatic rings. The Morgan fingerprint density at radius 2 is 2.40 bits per heavy atom. The molecule has 3 heteroatoms. The van der Waals surface area contributed by atoms with Gasteiger partial charge in [0, 0.05) is 6.42 Å². The van der Waals surface area contributed by atoms with Crippen LogP contribution in [0.3, 0.4) is 0 Å². The first-order valence-corrected chi connectivity index (χ1v) is 3.57. The largest absolute Gasteiger partial charge is 0.444 e. The standard InChI is InChI=1S/C7H10N2O/c8-4-7-9-5-2-1-3-6(5)10-7/h1-4,8H2. The van der Waals surface area contributed by atoms with Gasteiger partial charge < -0.3 is 10.2 Å². The van der Waals surface area contributed by atoms with Crippen LogP contribution in [0.2, 0.25) is 0 Å². The summed E-state index contributed by atoms with van der Waals surface area (Å²) in [6.45, 7) is 0.424. The summed E-state index contributed by atoms with van der Waals surface area (Å²) in [5.74, 6) is 1.74. The third-order valence-corrected chi connectivity index (χ3v) is 1.81. The number of rotatable bonds is 1. The van der Waals surface area contributed by atoms with Gasteiger partial charge in [-0.25, -0.2) is 4.98 Å². The second-order valence-electron chi connectivity index (χ2n) is 2.54. The highest BCUT2D eigenvalue weighted by Gasteiger charge is 2.17. The van der Waals surface area contributed by atoms with Crippen LogP contribution in [0.25, 0.3) is 0 Å². The maximum Gasteiger partial charge on any atom is 0.208 e. The Morgan fingerprint density at radius 3 is 3.10 bits per heavy atom. The van der Waals surface area contributed by atoms with Gasteiger partial charge in [-0.1, -0.05) is 0 Å². The number of aromatic nitrogens is 1. The number of hydrogen-bond acceptors (Lipinski definition) is 3. The smallest absolute Gasteiger partial charge is 0.208 e. The Bertz CT molecular complexity index is 220. The number of oxazole rings is 1. The predicted molar refractivity (Wildman–Crippen MR) is 36.4 cm³/mol. The molecule has 10 heavy (non-hydrogen) atoms. The van der Waals surface area contributed by atoms with E-state index in [4.69, 9.17) is 10.2 Å². The van der Waals surface area contributed by atoms with Crippen molar-refractivity contribution in [2.75, 3.05) is 0 Å². The van der Waals surface area contributed by atoms with Crippen LogP contribution in [-0.4, -0.2) is 4.98 Å². The van der Waals surface area contributed by atoms with E-state index in [2.05, 4.69) is 4.98 Å². The number of nitrogens with two attached hydrogens (primary N) is 1. The zero-order valence-corrected chi connectivity index (χ0v) is 5.76. The number of fused-ring (bicyclic) bond motifs is 1. The average molecular weight is 138 g/mol. The Hall–Kier alpha value is -0.830. The van der Waals surface area contributed by atoms with Crippen molar-refractivity contribution in [2.45, 2.75) is 25.8 Å². The second-order valence-corrected chi connectivity index (χ2v) is 2.54. The highest BCUT2D eigenvalue weighted by atomic mass is 16.4. The molecule has 1 heterocycles. The molecule has 0 radical (unpaired) electrons. The lowest BCUT2D eigenvalue weighted by Gasteiger charge is -1.85. The predicted octanol–water partition coefficient (Wildman–Crippen LogP) is 0.622. The van der Waals surface area contributed by atoms with Crippen molar-refractivity contribution in [1.82, 2.24) is 4.98 Å². The minimum Gasteiger partial charge on any atom is -0.444 e. The zero-order chi connectivity index (χ0) is 6.97. The minimum absolute atomic E-state index is 0.424. The van der Waals surface area contributed by atoms with Gasteiger partial charge in [0.15, 0.2) is 0 Å². The van der Waals surface area contributed by atoms with Crippen molar-refractivity contribution >= 4 is 0 Å². The molecule has 1 aliphatic carbocycles. The lowest BCUT2D eigenvalue weighted by Crippen LogP contribution is -1.96. The molecule has 0 amide bonds. The molecule has 0 aliphatic heterocycles. The molecule has 2 rings (SSSR count). The summed E-state index contributed by atoms with van der Waals surface area (Å²) in [6, 6.07) is 0. The van der Waals surface area contributed by atoms with Crippen molar-refractivity contribution < 1.29 is 4.42 Å². The van der Waals surface area contributed by atoms with Gasteiger partial charge in [0.25, 0.3) is 0 Å². The van der Waals surface area contributed by atoms with E-state index < -0.39 is 0 Å². The zero-order valence-electron chi connectivity index (χ0n) is 5.76. The van der Waals surface area contributed by atoms with Gasteiger partial charge in [0.05, 0.1) is 12.2 Å². The Labute approximate surface area is 59.2 Å². The van der Waals surface area contributed by atoms with Crippen LogP contribution in [0.1, 0.15) is 23.8 Å². The monoisotopic (exact) mass is 138 g/mol. The summed E-state index contributed by atoms with van der Waals surface area (Å²) >= 11 is 0.